The Morgan fingerprint density at radius 2 is 2.15 bits per heavy atom. The van der Waals surface area contributed by atoms with Gasteiger partial charge in [-0.25, -0.2) is 4.98 Å². The number of amides is 1. The minimum absolute atomic E-state index is 0.147. The van der Waals surface area contributed by atoms with E-state index >= 15 is 0 Å². The standard InChI is InChI=1S/C20H27N5O2/c1-15-19-23-18(20(26)22-12-17-4-2-3-7-21-17)14-25(19)9-8-24(15)13-16-5-10-27-11-6-16/h2-4,7,14-16H,5-6,8-13H2,1H3,(H,22,26)/t15-/m1/s1. The van der Waals surface area contributed by atoms with E-state index in [4.69, 9.17) is 4.74 Å². The number of carbonyl (C=O) groups is 1. The highest BCUT2D eigenvalue weighted by Crippen LogP contribution is 2.27. The molecular weight excluding hydrogens is 342 g/mol. The lowest BCUT2D eigenvalue weighted by Gasteiger charge is -2.37. The predicted octanol–water partition coefficient (Wildman–Crippen LogP) is 2.01. The number of ether oxygens (including phenoxy) is 1. The first kappa shape index (κ1) is 18.1. The van der Waals surface area contributed by atoms with Crippen LogP contribution in [0.5, 0.6) is 0 Å². The first-order valence-corrected chi connectivity index (χ1v) is 9.77. The monoisotopic (exact) mass is 369 g/mol. The number of fused-ring (bicyclic) bond motifs is 1. The van der Waals surface area contributed by atoms with Crippen molar-refractivity contribution in [1.82, 2.24) is 24.8 Å². The number of aromatic nitrogens is 3. The normalized spacial score (nSPS) is 21.0. The van der Waals surface area contributed by atoms with Gasteiger partial charge in [-0.05, 0) is 37.8 Å². The maximum absolute atomic E-state index is 12.5. The first-order chi connectivity index (χ1) is 13.2. The maximum Gasteiger partial charge on any atom is 0.271 e. The van der Waals surface area contributed by atoms with E-state index in [0.29, 0.717) is 18.2 Å². The third-order valence-corrected chi connectivity index (χ3v) is 5.58. The number of carbonyl (C=O) groups excluding carboxylic acids is 1. The van der Waals surface area contributed by atoms with Gasteiger partial charge in [-0.1, -0.05) is 6.07 Å². The van der Waals surface area contributed by atoms with Crippen LogP contribution in [0.3, 0.4) is 0 Å². The van der Waals surface area contributed by atoms with Crippen molar-refractivity contribution in [2.24, 2.45) is 5.92 Å². The van der Waals surface area contributed by atoms with Crippen LogP contribution in [0.1, 0.15) is 47.8 Å². The number of rotatable bonds is 5. The van der Waals surface area contributed by atoms with Gasteiger partial charge in [-0.2, -0.15) is 0 Å². The zero-order valence-electron chi connectivity index (χ0n) is 15.8. The molecule has 0 saturated carbocycles. The molecule has 1 saturated heterocycles. The summed E-state index contributed by atoms with van der Waals surface area (Å²) >= 11 is 0. The Hall–Kier alpha value is -2.25. The van der Waals surface area contributed by atoms with E-state index in [1.54, 1.807) is 6.20 Å². The number of hydrogen-bond acceptors (Lipinski definition) is 5. The molecule has 2 aliphatic heterocycles. The van der Waals surface area contributed by atoms with Crippen LogP contribution in [0.2, 0.25) is 0 Å². The van der Waals surface area contributed by atoms with Gasteiger partial charge < -0.3 is 14.6 Å². The molecule has 0 spiro atoms. The van der Waals surface area contributed by atoms with Crippen molar-refractivity contribution in [2.75, 3.05) is 26.3 Å². The number of hydrogen-bond donors (Lipinski definition) is 1. The maximum atomic E-state index is 12.5. The van der Waals surface area contributed by atoms with Crippen molar-refractivity contribution >= 4 is 5.91 Å². The smallest absolute Gasteiger partial charge is 0.271 e. The van der Waals surface area contributed by atoms with Gasteiger partial charge in [-0.3, -0.25) is 14.7 Å². The molecule has 0 aliphatic carbocycles. The highest BCUT2D eigenvalue weighted by atomic mass is 16.5. The Kier molecular flexibility index (Phi) is 5.50. The molecule has 0 radical (unpaired) electrons. The van der Waals surface area contributed by atoms with Gasteiger partial charge in [0.1, 0.15) is 11.5 Å². The van der Waals surface area contributed by atoms with E-state index in [9.17, 15) is 4.79 Å². The Balaban J connectivity index is 1.39. The summed E-state index contributed by atoms with van der Waals surface area (Å²) in [5.74, 6) is 1.53. The molecule has 1 amide bonds. The van der Waals surface area contributed by atoms with Gasteiger partial charge in [0.25, 0.3) is 5.91 Å². The van der Waals surface area contributed by atoms with Crippen LogP contribution in [-0.2, 0) is 17.8 Å². The second-order valence-corrected chi connectivity index (χ2v) is 7.41. The molecule has 0 bridgehead atoms. The Labute approximate surface area is 159 Å². The van der Waals surface area contributed by atoms with Gasteiger partial charge in [0, 0.05) is 45.2 Å². The molecule has 2 aromatic heterocycles. The fourth-order valence-electron chi connectivity index (χ4n) is 3.92. The molecule has 0 unspecified atom stereocenters. The zero-order chi connectivity index (χ0) is 18.6. The van der Waals surface area contributed by atoms with Crippen molar-refractivity contribution in [1.29, 1.82) is 0 Å². The Morgan fingerprint density at radius 3 is 2.93 bits per heavy atom. The molecule has 0 aromatic carbocycles. The summed E-state index contributed by atoms with van der Waals surface area (Å²) in [5, 5.41) is 2.91. The number of imidazole rings is 1. The predicted molar refractivity (Wildman–Crippen MR) is 101 cm³/mol. The lowest BCUT2D eigenvalue weighted by atomic mass is 9.98. The third-order valence-electron chi connectivity index (χ3n) is 5.58. The van der Waals surface area contributed by atoms with E-state index < -0.39 is 0 Å². The van der Waals surface area contributed by atoms with Crippen LogP contribution in [0.4, 0.5) is 0 Å². The van der Waals surface area contributed by atoms with E-state index in [1.165, 1.54) is 0 Å². The molecule has 144 valence electrons. The fourth-order valence-corrected chi connectivity index (χ4v) is 3.92. The molecule has 4 heterocycles. The van der Waals surface area contributed by atoms with Gasteiger partial charge >= 0.3 is 0 Å². The second kappa shape index (κ2) is 8.19. The number of pyridine rings is 1. The van der Waals surface area contributed by atoms with Crippen LogP contribution in [0.25, 0.3) is 0 Å². The third kappa shape index (κ3) is 4.20. The fraction of sp³-hybridized carbons (Fsp3) is 0.550. The first-order valence-electron chi connectivity index (χ1n) is 9.77. The highest BCUT2D eigenvalue weighted by Gasteiger charge is 2.29. The van der Waals surface area contributed by atoms with E-state index in [0.717, 1.165) is 57.2 Å². The minimum atomic E-state index is -0.147. The minimum Gasteiger partial charge on any atom is -0.381 e. The molecule has 2 aromatic rings. The molecule has 2 aliphatic rings. The molecule has 27 heavy (non-hydrogen) atoms. The largest absolute Gasteiger partial charge is 0.381 e. The average molecular weight is 369 g/mol. The lowest BCUT2D eigenvalue weighted by Crippen LogP contribution is -2.40. The summed E-state index contributed by atoms with van der Waals surface area (Å²) in [6, 6.07) is 5.90. The molecule has 1 N–H and O–H groups in total. The van der Waals surface area contributed by atoms with Crippen molar-refractivity contribution in [3.05, 3.63) is 47.8 Å². The summed E-state index contributed by atoms with van der Waals surface area (Å²) in [5.41, 5.74) is 1.33. The topological polar surface area (TPSA) is 72.3 Å². The number of nitrogens with one attached hydrogen (secondary N) is 1. The molecule has 7 nitrogen and oxygen atoms in total. The van der Waals surface area contributed by atoms with Gasteiger partial charge in [0.05, 0.1) is 18.3 Å². The van der Waals surface area contributed by atoms with E-state index in [-0.39, 0.29) is 11.9 Å². The average Bonchev–Trinajstić information content (AvgIpc) is 3.15. The molecule has 7 heteroatoms. The van der Waals surface area contributed by atoms with E-state index in [2.05, 4.69) is 31.7 Å². The van der Waals surface area contributed by atoms with E-state index in [1.807, 2.05) is 24.4 Å². The highest BCUT2D eigenvalue weighted by molar-refractivity contribution is 5.92. The summed E-state index contributed by atoms with van der Waals surface area (Å²) in [4.78, 5) is 23.9. The summed E-state index contributed by atoms with van der Waals surface area (Å²) in [6.45, 7) is 7.31. The molecule has 4 rings (SSSR count). The number of nitrogens with zero attached hydrogens (tertiary/aromatic N) is 4. The zero-order valence-corrected chi connectivity index (χ0v) is 15.8. The Bertz CT molecular complexity index is 770. The second-order valence-electron chi connectivity index (χ2n) is 7.41. The van der Waals surface area contributed by atoms with Crippen molar-refractivity contribution in [2.45, 2.75) is 38.9 Å². The van der Waals surface area contributed by atoms with Crippen molar-refractivity contribution in [3.8, 4) is 0 Å². The quantitative estimate of drug-likeness (QED) is 0.873. The molecule has 1 atom stereocenters. The lowest BCUT2D eigenvalue weighted by molar-refractivity contribution is 0.0411. The summed E-state index contributed by atoms with van der Waals surface area (Å²) in [7, 11) is 0. The van der Waals surface area contributed by atoms with Crippen LogP contribution in [0, 0.1) is 5.92 Å². The summed E-state index contributed by atoms with van der Waals surface area (Å²) < 4.78 is 7.60. The van der Waals surface area contributed by atoms with Crippen LogP contribution < -0.4 is 5.32 Å². The SMILES string of the molecule is C[C@@H]1c2nc(C(=O)NCc3ccccn3)cn2CCN1CC1CCOCC1. The Morgan fingerprint density at radius 1 is 1.30 bits per heavy atom. The summed E-state index contributed by atoms with van der Waals surface area (Å²) in [6.07, 6.45) is 5.88. The van der Waals surface area contributed by atoms with Crippen LogP contribution >= 0.6 is 0 Å². The molecular formula is C20H27N5O2. The van der Waals surface area contributed by atoms with Gasteiger partial charge in [0.2, 0.25) is 0 Å². The van der Waals surface area contributed by atoms with Gasteiger partial charge in [0.15, 0.2) is 0 Å². The van der Waals surface area contributed by atoms with Crippen LogP contribution in [0.15, 0.2) is 30.6 Å². The van der Waals surface area contributed by atoms with Crippen molar-refractivity contribution in [3.63, 3.8) is 0 Å². The van der Waals surface area contributed by atoms with Crippen LogP contribution in [-0.4, -0.2) is 51.6 Å². The van der Waals surface area contributed by atoms with Crippen molar-refractivity contribution < 1.29 is 9.53 Å². The molecule has 1 fully saturated rings. The van der Waals surface area contributed by atoms with Gasteiger partial charge in [-0.15, -0.1) is 0 Å².